The molecular weight excluding hydrogens is 210 g/mol. The van der Waals surface area contributed by atoms with Crippen LogP contribution >= 0.6 is 0 Å². The Balaban J connectivity index is 3.62. The van der Waals surface area contributed by atoms with E-state index in [1.54, 1.807) is 6.92 Å². The molecule has 0 radical (unpaired) electrons. The fourth-order valence-electron chi connectivity index (χ4n) is 1.42. The summed E-state index contributed by atoms with van der Waals surface area (Å²) in [4.78, 5) is 21.7. The van der Waals surface area contributed by atoms with Crippen molar-refractivity contribution in [2.45, 2.75) is 33.1 Å². The van der Waals surface area contributed by atoms with Crippen LogP contribution in [0.25, 0.3) is 0 Å². The van der Waals surface area contributed by atoms with Gasteiger partial charge < -0.3 is 15.2 Å². The van der Waals surface area contributed by atoms with Crippen molar-refractivity contribution < 1.29 is 19.4 Å². The fraction of sp³-hybridized carbons (Fsp3) is 0.818. The molecule has 0 amide bonds. The average molecular weight is 231 g/mol. The van der Waals surface area contributed by atoms with Crippen LogP contribution in [-0.4, -0.2) is 36.7 Å². The zero-order valence-electron chi connectivity index (χ0n) is 9.99. The number of carbonyl (C=O) groups excluding carboxylic acids is 1. The van der Waals surface area contributed by atoms with Crippen molar-refractivity contribution in [3.63, 3.8) is 0 Å². The van der Waals surface area contributed by atoms with Crippen LogP contribution in [0.5, 0.6) is 0 Å². The largest absolute Gasteiger partial charge is 0.481 e. The second-order valence-electron chi connectivity index (χ2n) is 3.59. The second-order valence-corrected chi connectivity index (χ2v) is 3.59. The van der Waals surface area contributed by atoms with Gasteiger partial charge in [-0.15, -0.1) is 0 Å². The number of hydrogen-bond donors (Lipinski definition) is 2. The van der Waals surface area contributed by atoms with Crippen LogP contribution in [0.3, 0.4) is 0 Å². The van der Waals surface area contributed by atoms with Crippen molar-refractivity contribution in [2.24, 2.45) is 5.92 Å². The number of ether oxygens (including phenoxy) is 1. The van der Waals surface area contributed by atoms with Crippen molar-refractivity contribution in [1.82, 2.24) is 5.32 Å². The number of nitrogens with one attached hydrogen (secondary N) is 1. The monoisotopic (exact) mass is 231 g/mol. The minimum absolute atomic E-state index is 0.145. The summed E-state index contributed by atoms with van der Waals surface area (Å²) in [6, 6.07) is 0. The number of aliphatic carboxylic acids is 1. The van der Waals surface area contributed by atoms with Gasteiger partial charge in [0.25, 0.3) is 0 Å². The minimum Gasteiger partial charge on any atom is -0.481 e. The minimum atomic E-state index is -0.764. The molecule has 0 aromatic carbocycles. The lowest BCUT2D eigenvalue weighted by molar-refractivity contribution is -0.142. The molecule has 1 atom stereocenters. The zero-order chi connectivity index (χ0) is 12.4. The standard InChI is InChI=1S/C11H21NO4/c1-3-5-9(11(14)15)6-7-12-8-10(13)16-4-2/h9,12H,3-8H2,1-2H3,(H,14,15). The molecule has 5 heteroatoms. The maximum Gasteiger partial charge on any atom is 0.319 e. The van der Waals surface area contributed by atoms with E-state index in [9.17, 15) is 9.59 Å². The second kappa shape index (κ2) is 9.15. The smallest absolute Gasteiger partial charge is 0.319 e. The van der Waals surface area contributed by atoms with Crippen LogP contribution in [0.1, 0.15) is 33.1 Å². The van der Waals surface area contributed by atoms with E-state index in [1.807, 2.05) is 6.92 Å². The van der Waals surface area contributed by atoms with Gasteiger partial charge in [0.05, 0.1) is 19.1 Å². The fourth-order valence-corrected chi connectivity index (χ4v) is 1.42. The first-order valence-electron chi connectivity index (χ1n) is 5.70. The SMILES string of the molecule is CCCC(CCNCC(=O)OCC)C(=O)O. The Bertz CT molecular complexity index is 218. The van der Waals surface area contributed by atoms with Crippen LogP contribution in [0.2, 0.25) is 0 Å². The predicted molar refractivity (Wildman–Crippen MR) is 60.2 cm³/mol. The third kappa shape index (κ3) is 7.23. The summed E-state index contributed by atoms with van der Waals surface area (Å²) in [7, 11) is 0. The summed E-state index contributed by atoms with van der Waals surface area (Å²) in [5.74, 6) is -1.38. The molecule has 0 saturated carbocycles. The number of rotatable bonds is 9. The highest BCUT2D eigenvalue weighted by Gasteiger charge is 2.15. The van der Waals surface area contributed by atoms with Gasteiger partial charge in [0.2, 0.25) is 0 Å². The Kier molecular flexibility index (Phi) is 8.52. The summed E-state index contributed by atoms with van der Waals surface area (Å²) in [5, 5.41) is 11.8. The Labute approximate surface area is 96.2 Å². The molecule has 0 aromatic heterocycles. The molecule has 94 valence electrons. The van der Waals surface area contributed by atoms with Crippen LogP contribution in [0, 0.1) is 5.92 Å². The number of carbonyl (C=O) groups is 2. The van der Waals surface area contributed by atoms with Crippen LogP contribution in [-0.2, 0) is 14.3 Å². The van der Waals surface area contributed by atoms with Gasteiger partial charge in [0, 0.05) is 0 Å². The van der Waals surface area contributed by atoms with Gasteiger partial charge in [-0.2, -0.15) is 0 Å². The molecule has 5 nitrogen and oxygen atoms in total. The first-order valence-corrected chi connectivity index (χ1v) is 5.70. The van der Waals surface area contributed by atoms with Crippen molar-refractivity contribution in [3.8, 4) is 0 Å². The third-order valence-electron chi connectivity index (χ3n) is 2.23. The molecule has 0 bridgehead atoms. The van der Waals surface area contributed by atoms with Crippen LogP contribution in [0.15, 0.2) is 0 Å². The Morgan fingerprint density at radius 2 is 2.00 bits per heavy atom. The summed E-state index contributed by atoms with van der Waals surface area (Å²) >= 11 is 0. The molecule has 2 N–H and O–H groups in total. The van der Waals surface area contributed by atoms with E-state index >= 15 is 0 Å². The lowest BCUT2D eigenvalue weighted by Crippen LogP contribution is -2.28. The Hall–Kier alpha value is -1.10. The van der Waals surface area contributed by atoms with Gasteiger partial charge in [0.1, 0.15) is 0 Å². The highest BCUT2D eigenvalue weighted by Crippen LogP contribution is 2.10. The molecule has 0 rings (SSSR count). The van der Waals surface area contributed by atoms with Gasteiger partial charge in [-0.3, -0.25) is 9.59 Å². The highest BCUT2D eigenvalue weighted by molar-refractivity contribution is 5.71. The summed E-state index contributed by atoms with van der Waals surface area (Å²) < 4.78 is 4.73. The summed E-state index contributed by atoms with van der Waals surface area (Å²) in [6.07, 6.45) is 2.08. The zero-order valence-corrected chi connectivity index (χ0v) is 9.99. The van der Waals surface area contributed by atoms with Crippen molar-refractivity contribution in [2.75, 3.05) is 19.7 Å². The van der Waals surface area contributed by atoms with E-state index in [0.29, 0.717) is 26.0 Å². The van der Waals surface area contributed by atoms with Crippen molar-refractivity contribution in [3.05, 3.63) is 0 Å². The molecule has 1 unspecified atom stereocenters. The molecule has 16 heavy (non-hydrogen) atoms. The number of carboxylic acid groups (broad SMARTS) is 1. The number of esters is 1. The number of hydrogen-bond acceptors (Lipinski definition) is 4. The normalized spacial score (nSPS) is 12.1. The quantitative estimate of drug-likeness (QED) is 0.458. The summed E-state index contributed by atoms with van der Waals surface area (Å²) in [5.41, 5.74) is 0. The predicted octanol–water partition coefficient (Wildman–Crippen LogP) is 1.03. The lowest BCUT2D eigenvalue weighted by Gasteiger charge is -2.11. The van der Waals surface area contributed by atoms with E-state index in [-0.39, 0.29) is 18.4 Å². The van der Waals surface area contributed by atoms with E-state index in [2.05, 4.69) is 5.32 Å². The van der Waals surface area contributed by atoms with Crippen molar-refractivity contribution >= 4 is 11.9 Å². The molecule has 0 saturated heterocycles. The molecule has 0 aliphatic rings. The maximum atomic E-state index is 10.9. The molecular formula is C11H21NO4. The maximum absolute atomic E-state index is 10.9. The molecule has 0 spiro atoms. The van der Waals surface area contributed by atoms with Gasteiger partial charge in [-0.05, 0) is 26.3 Å². The topological polar surface area (TPSA) is 75.6 Å². The van der Waals surface area contributed by atoms with Gasteiger partial charge in [0.15, 0.2) is 0 Å². The first kappa shape index (κ1) is 14.9. The third-order valence-corrected chi connectivity index (χ3v) is 2.23. The van der Waals surface area contributed by atoms with Crippen LogP contribution < -0.4 is 5.32 Å². The molecule has 0 aliphatic heterocycles. The van der Waals surface area contributed by atoms with E-state index in [0.717, 1.165) is 6.42 Å². The molecule has 0 fully saturated rings. The van der Waals surface area contributed by atoms with Crippen LogP contribution in [0.4, 0.5) is 0 Å². The Morgan fingerprint density at radius 1 is 1.31 bits per heavy atom. The highest BCUT2D eigenvalue weighted by atomic mass is 16.5. The summed E-state index contributed by atoms with van der Waals surface area (Å²) in [6.45, 7) is 4.75. The van der Waals surface area contributed by atoms with E-state index in [4.69, 9.17) is 9.84 Å². The molecule has 0 aliphatic carbocycles. The van der Waals surface area contributed by atoms with E-state index < -0.39 is 5.97 Å². The van der Waals surface area contributed by atoms with E-state index in [1.165, 1.54) is 0 Å². The average Bonchev–Trinajstić information content (AvgIpc) is 2.22. The lowest BCUT2D eigenvalue weighted by atomic mass is 10.0. The van der Waals surface area contributed by atoms with Gasteiger partial charge in [-0.25, -0.2) is 0 Å². The Morgan fingerprint density at radius 3 is 2.50 bits per heavy atom. The van der Waals surface area contributed by atoms with Gasteiger partial charge >= 0.3 is 11.9 Å². The molecule has 0 aromatic rings. The van der Waals surface area contributed by atoms with Crippen molar-refractivity contribution in [1.29, 1.82) is 0 Å². The first-order chi connectivity index (χ1) is 7.61. The molecule has 0 heterocycles. The van der Waals surface area contributed by atoms with Gasteiger partial charge in [-0.1, -0.05) is 13.3 Å². The number of carboxylic acids is 1.